The minimum absolute atomic E-state index is 0.150. The summed E-state index contributed by atoms with van der Waals surface area (Å²) in [5.41, 5.74) is -1.21. The second-order valence-corrected chi connectivity index (χ2v) is 12.7. The minimum Gasteiger partial charge on any atom is -0.462 e. The molecule has 0 aromatic heterocycles. The fourth-order valence-corrected chi connectivity index (χ4v) is 3.88. The normalized spacial score (nSPS) is 9.42. The summed E-state index contributed by atoms with van der Waals surface area (Å²) >= 11 is 0. The van der Waals surface area contributed by atoms with Crippen molar-refractivity contribution in [2.75, 3.05) is 79.3 Å². The number of unbranched alkanes of at least 4 members (excludes halogenated alkanes) is 9. The first-order valence-corrected chi connectivity index (χ1v) is 22.0. The lowest BCUT2D eigenvalue weighted by molar-refractivity contribution is -0.148. The molecule has 0 aromatic carbocycles. The van der Waals surface area contributed by atoms with Crippen LogP contribution in [0.1, 0.15) is 119 Å². The fraction of sp³-hybridized carbons (Fsp3) is 0.652. The topological polar surface area (TPSA) is 291 Å². The Morgan fingerprint density at radius 1 is 0.288 bits per heavy atom. The van der Waals surface area contributed by atoms with Gasteiger partial charge in [-0.05, 0) is 99.3 Å². The van der Waals surface area contributed by atoms with Gasteiger partial charge in [0.25, 0.3) is 0 Å². The standard InChI is InChI=1S/C18H26O8.C12H20O5.C8H12O4.C6H14O2.C2H6O/c1-5-23-15(19)13(3)17(21)25-11-9-7-8-10-12-26-18(22)14(4)16(20)24-6-2;1-3-16-11(14)10(2)12(15)17-9-7-5-4-6-8-13;1-4-11-7(9)6(3)8(10)12-5-2;7-5-3-1-2-4-6-8;1-2-3/h3-12H2,1-2H3;13H,2-9H2,1H3;3-5H2,1-2H3;7-8H,1-6H2;3H,2H2,1H3. The zero-order chi connectivity index (χ0) is 51.6. The van der Waals surface area contributed by atoms with Gasteiger partial charge in [0.2, 0.25) is 0 Å². The Morgan fingerprint density at radius 2 is 0.439 bits per heavy atom. The lowest BCUT2D eigenvalue weighted by Gasteiger charge is -2.07. The molecule has 20 nitrogen and oxygen atoms in total. The number of carbonyl (C=O) groups excluding carboxylic acids is 8. The summed E-state index contributed by atoms with van der Waals surface area (Å²) in [6, 6.07) is 0. The molecule has 0 aliphatic heterocycles. The van der Waals surface area contributed by atoms with Crippen LogP contribution in [-0.2, 0) is 76.3 Å². The first kappa shape index (κ1) is 69.6. The van der Waals surface area contributed by atoms with E-state index in [0.29, 0.717) is 19.3 Å². The SMILES string of the molecule is C=C(C(=O)OCC)C(=O)OCC.C=C(C(=O)OCC)C(=O)OCCCCCCO.C=C(C(=O)OCC)C(=O)OCCCCCCOC(=O)C(=C)C(=O)OCC.CCO.OCCCCCCO. The summed E-state index contributed by atoms with van der Waals surface area (Å²) in [5, 5.41) is 32.7. The number of aliphatic hydroxyl groups is 4. The van der Waals surface area contributed by atoms with E-state index in [1.54, 1.807) is 41.5 Å². The van der Waals surface area contributed by atoms with Crippen molar-refractivity contribution in [1.82, 2.24) is 0 Å². The Hall–Kier alpha value is -5.44. The molecule has 0 saturated carbocycles. The summed E-state index contributed by atoms with van der Waals surface area (Å²) in [6.07, 6.45) is 9.70. The molecule has 4 N–H and O–H groups in total. The van der Waals surface area contributed by atoms with Crippen LogP contribution in [0.15, 0.2) is 48.6 Å². The van der Waals surface area contributed by atoms with Gasteiger partial charge in [0.1, 0.15) is 22.3 Å². The van der Waals surface area contributed by atoms with Crippen molar-refractivity contribution in [2.24, 2.45) is 0 Å². The van der Waals surface area contributed by atoms with Crippen molar-refractivity contribution < 1.29 is 96.7 Å². The van der Waals surface area contributed by atoms with E-state index in [0.717, 1.165) is 57.8 Å². The van der Waals surface area contributed by atoms with Crippen molar-refractivity contribution in [3.05, 3.63) is 48.6 Å². The van der Waals surface area contributed by atoms with Gasteiger partial charge in [-0.1, -0.05) is 45.6 Å². The molecule has 0 spiro atoms. The average molecular weight is 951 g/mol. The minimum atomic E-state index is -0.796. The maximum atomic E-state index is 11.5. The Labute approximate surface area is 390 Å². The van der Waals surface area contributed by atoms with E-state index < -0.39 is 47.8 Å². The number of esters is 8. The molecule has 0 fully saturated rings. The van der Waals surface area contributed by atoms with Gasteiger partial charge in [-0.15, -0.1) is 0 Å². The van der Waals surface area contributed by atoms with Gasteiger partial charge in [0.05, 0.1) is 52.9 Å². The summed E-state index contributed by atoms with van der Waals surface area (Å²) in [5.74, 6) is -6.09. The van der Waals surface area contributed by atoms with E-state index in [4.69, 9.17) is 34.6 Å². The van der Waals surface area contributed by atoms with Crippen molar-refractivity contribution in [2.45, 2.75) is 119 Å². The number of rotatable bonds is 31. The molecule has 0 saturated heterocycles. The van der Waals surface area contributed by atoms with Crippen LogP contribution in [0.2, 0.25) is 0 Å². The van der Waals surface area contributed by atoms with Crippen LogP contribution in [0.4, 0.5) is 0 Å². The number of ether oxygens (including phenoxy) is 8. The maximum Gasteiger partial charge on any atom is 0.344 e. The Morgan fingerprint density at radius 3 is 0.591 bits per heavy atom. The van der Waals surface area contributed by atoms with Crippen molar-refractivity contribution >= 4 is 47.8 Å². The molecule has 0 radical (unpaired) electrons. The second-order valence-electron chi connectivity index (χ2n) is 12.7. The highest BCUT2D eigenvalue weighted by Crippen LogP contribution is 2.06. The molecule has 66 heavy (non-hydrogen) atoms. The molecule has 0 bridgehead atoms. The monoisotopic (exact) mass is 951 g/mol. The maximum absolute atomic E-state index is 11.5. The highest BCUT2D eigenvalue weighted by molar-refractivity contribution is 6.15. The van der Waals surface area contributed by atoms with Gasteiger partial charge in [-0.3, -0.25) is 0 Å². The van der Waals surface area contributed by atoms with Gasteiger partial charge < -0.3 is 58.3 Å². The summed E-state index contributed by atoms with van der Waals surface area (Å²) in [6.45, 7) is 25.6. The summed E-state index contributed by atoms with van der Waals surface area (Å²) < 4.78 is 37.6. The van der Waals surface area contributed by atoms with Crippen LogP contribution in [0, 0.1) is 0 Å². The van der Waals surface area contributed by atoms with Crippen LogP contribution in [0.25, 0.3) is 0 Å². The summed E-state index contributed by atoms with van der Waals surface area (Å²) in [7, 11) is 0. The lowest BCUT2D eigenvalue weighted by atomic mass is 10.2. The van der Waals surface area contributed by atoms with E-state index in [-0.39, 0.29) is 102 Å². The first-order valence-electron chi connectivity index (χ1n) is 22.0. The molecule has 0 amide bonds. The van der Waals surface area contributed by atoms with Crippen LogP contribution >= 0.6 is 0 Å². The van der Waals surface area contributed by atoms with Crippen molar-refractivity contribution in [3.63, 3.8) is 0 Å². The predicted molar refractivity (Wildman–Crippen MR) is 242 cm³/mol. The highest BCUT2D eigenvalue weighted by atomic mass is 16.6. The molecule has 0 aliphatic carbocycles. The third-order valence-electron chi connectivity index (χ3n) is 7.21. The third-order valence-corrected chi connectivity index (χ3v) is 7.21. The Balaban J connectivity index is -0.000000266. The van der Waals surface area contributed by atoms with E-state index in [1.165, 1.54) is 0 Å². The predicted octanol–water partition coefficient (Wildman–Crippen LogP) is 4.27. The van der Waals surface area contributed by atoms with Crippen LogP contribution < -0.4 is 0 Å². The Bertz CT molecular complexity index is 1330. The van der Waals surface area contributed by atoms with Gasteiger partial charge in [-0.25, -0.2) is 38.4 Å². The molecule has 0 rings (SSSR count). The molecule has 0 atom stereocenters. The molecular weight excluding hydrogens is 872 g/mol. The average Bonchev–Trinajstić information content (AvgIpc) is 3.29. The zero-order valence-corrected chi connectivity index (χ0v) is 40.1. The van der Waals surface area contributed by atoms with Crippen LogP contribution in [0.3, 0.4) is 0 Å². The number of aliphatic hydroxyl groups excluding tert-OH is 4. The zero-order valence-electron chi connectivity index (χ0n) is 40.1. The van der Waals surface area contributed by atoms with E-state index in [2.05, 4.69) is 50.0 Å². The molecule has 0 aliphatic rings. The molecule has 0 aromatic rings. The van der Waals surface area contributed by atoms with Gasteiger partial charge in [0, 0.05) is 26.4 Å². The van der Waals surface area contributed by atoms with Crippen LogP contribution in [-0.4, -0.2) is 147 Å². The van der Waals surface area contributed by atoms with Crippen LogP contribution in [0.5, 0.6) is 0 Å². The number of hydrogen-bond acceptors (Lipinski definition) is 20. The highest BCUT2D eigenvalue weighted by Gasteiger charge is 2.20. The van der Waals surface area contributed by atoms with E-state index in [9.17, 15) is 38.4 Å². The molecule has 20 heteroatoms. The number of hydrogen-bond donors (Lipinski definition) is 4. The third kappa shape index (κ3) is 45.1. The quantitative estimate of drug-likeness (QED) is 0.0188. The molecular formula is C46H78O20. The van der Waals surface area contributed by atoms with E-state index >= 15 is 0 Å². The van der Waals surface area contributed by atoms with E-state index in [1.807, 2.05) is 0 Å². The van der Waals surface area contributed by atoms with Gasteiger partial charge >= 0.3 is 47.8 Å². The van der Waals surface area contributed by atoms with Crippen molar-refractivity contribution in [1.29, 1.82) is 0 Å². The Kier molecular flexibility index (Phi) is 55.0. The molecule has 382 valence electrons. The number of carbonyl (C=O) groups is 8. The molecule has 0 heterocycles. The fourth-order valence-electron chi connectivity index (χ4n) is 3.88. The first-order chi connectivity index (χ1) is 31.4. The smallest absolute Gasteiger partial charge is 0.344 e. The van der Waals surface area contributed by atoms with Gasteiger partial charge in [0.15, 0.2) is 0 Å². The molecule has 0 unspecified atom stereocenters. The summed E-state index contributed by atoms with van der Waals surface area (Å²) in [4.78, 5) is 89.6. The largest absolute Gasteiger partial charge is 0.462 e. The van der Waals surface area contributed by atoms with Crippen molar-refractivity contribution in [3.8, 4) is 0 Å². The lowest BCUT2D eigenvalue weighted by Crippen LogP contribution is -2.18. The second kappa shape index (κ2) is 52.2. The van der Waals surface area contributed by atoms with Gasteiger partial charge in [-0.2, -0.15) is 0 Å².